The monoisotopic (exact) mass is 303 g/mol. The number of nitrogens with zero attached hydrogens (tertiary/aromatic N) is 3. The number of carbonyl (C=O) groups is 2. The lowest BCUT2D eigenvalue weighted by atomic mass is 10.2. The molecule has 0 saturated carbocycles. The fraction of sp³-hybridized carbons (Fsp3) is 0.231. The number of anilines is 2. The lowest BCUT2D eigenvalue weighted by Gasteiger charge is -2.27. The first kappa shape index (κ1) is 13.5. The molecule has 3 N–H and O–H groups in total. The molecule has 0 aromatic carbocycles. The molecule has 0 fully saturated rings. The van der Waals surface area contributed by atoms with Gasteiger partial charge in [-0.2, -0.15) is 0 Å². The van der Waals surface area contributed by atoms with Crippen molar-refractivity contribution in [2.75, 3.05) is 23.8 Å². The van der Waals surface area contributed by atoms with Crippen molar-refractivity contribution < 1.29 is 9.59 Å². The van der Waals surface area contributed by atoms with Gasteiger partial charge in [0.15, 0.2) is 5.82 Å². The zero-order valence-corrected chi connectivity index (χ0v) is 12.3. The quantitative estimate of drug-likeness (QED) is 0.862. The maximum absolute atomic E-state index is 11.6. The van der Waals surface area contributed by atoms with Crippen LogP contribution >= 0.6 is 11.3 Å². The van der Waals surface area contributed by atoms with Gasteiger partial charge < -0.3 is 16.0 Å². The number of aromatic nitrogens is 2. The van der Waals surface area contributed by atoms with E-state index in [9.17, 15) is 9.59 Å². The molecule has 2 aromatic heterocycles. The Morgan fingerprint density at radius 1 is 1.48 bits per heavy atom. The van der Waals surface area contributed by atoms with Gasteiger partial charge in [0, 0.05) is 11.9 Å². The molecule has 21 heavy (non-hydrogen) atoms. The number of nitrogens with one attached hydrogen (secondary N) is 1. The van der Waals surface area contributed by atoms with Gasteiger partial charge >= 0.3 is 0 Å². The van der Waals surface area contributed by atoms with Crippen molar-refractivity contribution in [1.82, 2.24) is 9.97 Å². The predicted molar refractivity (Wildman–Crippen MR) is 80.5 cm³/mol. The van der Waals surface area contributed by atoms with Crippen LogP contribution in [0.25, 0.3) is 10.6 Å². The highest BCUT2D eigenvalue weighted by Gasteiger charge is 2.26. The lowest BCUT2D eigenvalue weighted by Crippen LogP contribution is -2.36. The van der Waals surface area contributed by atoms with Crippen molar-refractivity contribution in [3.63, 3.8) is 0 Å². The predicted octanol–water partition coefficient (Wildman–Crippen LogP) is 1.00. The first-order valence-corrected chi connectivity index (χ1v) is 7.05. The highest BCUT2D eigenvalue weighted by Crippen LogP contribution is 2.39. The molecule has 8 heteroatoms. The number of amides is 2. The standard InChI is InChI=1S/C13H13N5O2S/c1-6-7(12(14)20)3-8(21-6)10-11-13(16-5-15-10)17-9(19)4-18(11)2/h3,5H,4H2,1-2H3,(H2,14,20)(H,15,16,17,19). The Bertz CT molecular complexity index is 755. The van der Waals surface area contributed by atoms with Gasteiger partial charge in [0.25, 0.3) is 0 Å². The molecule has 0 bridgehead atoms. The van der Waals surface area contributed by atoms with E-state index in [4.69, 9.17) is 5.73 Å². The molecule has 0 spiro atoms. The van der Waals surface area contributed by atoms with Crippen molar-refractivity contribution >= 4 is 34.7 Å². The molecule has 0 saturated heterocycles. The van der Waals surface area contributed by atoms with Crippen LogP contribution in [0.2, 0.25) is 0 Å². The Morgan fingerprint density at radius 2 is 2.24 bits per heavy atom. The second-order valence-corrected chi connectivity index (χ2v) is 6.02. The first-order chi connectivity index (χ1) is 9.97. The number of carbonyl (C=O) groups excluding carboxylic acids is 2. The zero-order valence-electron chi connectivity index (χ0n) is 11.5. The third kappa shape index (κ3) is 2.23. The Kier molecular flexibility index (Phi) is 3.09. The summed E-state index contributed by atoms with van der Waals surface area (Å²) in [4.78, 5) is 34.8. The minimum atomic E-state index is -0.459. The average Bonchev–Trinajstić information content (AvgIpc) is 2.79. The fourth-order valence-corrected chi connectivity index (χ4v) is 3.34. The molecule has 0 unspecified atom stereocenters. The van der Waals surface area contributed by atoms with E-state index >= 15 is 0 Å². The summed E-state index contributed by atoms with van der Waals surface area (Å²) >= 11 is 1.44. The summed E-state index contributed by atoms with van der Waals surface area (Å²) in [5.41, 5.74) is 7.28. The fourth-order valence-electron chi connectivity index (χ4n) is 2.32. The Morgan fingerprint density at radius 3 is 2.90 bits per heavy atom. The van der Waals surface area contributed by atoms with Gasteiger partial charge in [-0.15, -0.1) is 11.3 Å². The molecular weight excluding hydrogens is 290 g/mol. The van der Waals surface area contributed by atoms with Crippen LogP contribution in [0.4, 0.5) is 11.5 Å². The Hall–Kier alpha value is -2.48. The van der Waals surface area contributed by atoms with Gasteiger partial charge in [-0.3, -0.25) is 9.59 Å². The molecule has 0 atom stereocenters. The van der Waals surface area contributed by atoms with Crippen molar-refractivity contribution in [1.29, 1.82) is 0 Å². The number of hydrogen-bond donors (Lipinski definition) is 2. The van der Waals surface area contributed by atoms with Crippen LogP contribution in [-0.4, -0.2) is 35.4 Å². The zero-order chi connectivity index (χ0) is 15.1. The highest BCUT2D eigenvalue weighted by molar-refractivity contribution is 7.15. The van der Waals surface area contributed by atoms with E-state index in [1.807, 2.05) is 6.92 Å². The van der Waals surface area contributed by atoms with Gasteiger partial charge in [-0.25, -0.2) is 9.97 Å². The minimum absolute atomic E-state index is 0.116. The number of rotatable bonds is 2. The topological polar surface area (TPSA) is 101 Å². The van der Waals surface area contributed by atoms with Crippen molar-refractivity contribution in [2.45, 2.75) is 6.92 Å². The molecule has 1 aliphatic heterocycles. The number of hydrogen-bond acceptors (Lipinski definition) is 6. The van der Waals surface area contributed by atoms with Gasteiger partial charge in [0.05, 0.1) is 17.0 Å². The molecule has 7 nitrogen and oxygen atoms in total. The molecule has 2 amide bonds. The van der Waals surface area contributed by atoms with Crippen molar-refractivity contribution in [3.8, 4) is 10.6 Å². The first-order valence-electron chi connectivity index (χ1n) is 6.24. The van der Waals surface area contributed by atoms with E-state index in [0.29, 0.717) is 17.1 Å². The number of nitrogens with two attached hydrogens (primary N) is 1. The number of fused-ring (bicyclic) bond motifs is 1. The molecule has 0 radical (unpaired) electrons. The van der Waals surface area contributed by atoms with Crippen molar-refractivity contribution in [3.05, 3.63) is 22.8 Å². The third-order valence-corrected chi connectivity index (χ3v) is 4.32. The average molecular weight is 303 g/mol. The van der Waals surface area contributed by atoms with E-state index in [1.54, 1.807) is 18.0 Å². The molecular formula is C13H13N5O2S. The van der Waals surface area contributed by atoms with Crippen LogP contribution in [0, 0.1) is 6.92 Å². The number of thiophene rings is 1. The van der Waals surface area contributed by atoms with E-state index < -0.39 is 5.91 Å². The largest absolute Gasteiger partial charge is 0.366 e. The maximum atomic E-state index is 11.6. The lowest BCUT2D eigenvalue weighted by molar-refractivity contribution is -0.115. The molecule has 0 aliphatic carbocycles. The van der Waals surface area contributed by atoms with E-state index in [2.05, 4.69) is 15.3 Å². The normalized spacial score (nSPS) is 13.8. The summed E-state index contributed by atoms with van der Waals surface area (Å²) < 4.78 is 0. The molecule has 1 aliphatic rings. The van der Waals surface area contributed by atoms with Crippen molar-refractivity contribution in [2.24, 2.45) is 5.73 Å². The van der Waals surface area contributed by atoms with Gasteiger partial charge in [-0.1, -0.05) is 0 Å². The summed E-state index contributed by atoms with van der Waals surface area (Å²) in [6.07, 6.45) is 1.40. The van der Waals surface area contributed by atoms with Crippen LogP contribution in [0.3, 0.4) is 0 Å². The van der Waals surface area contributed by atoms with Gasteiger partial charge in [-0.05, 0) is 13.0 Å². The van der Waals surface area contributed by atoms with E-state index in [1.165, 1.54) is 17.7 Å². The van der Waals surface area contributed by atoms with Crippen LogP contribution in [-0.2, 0) is 4.79 Å². The number of likely N-dealkylation sites (N-methyl/N-ethyl adjacent to an activating group) is 1. The van der Waals surface area contributed by atoms with Crippen LogP contribution < -0.4 is 16.0 Å². The summed E-state index contributed by atoms with van der Waals surface area (Å²) in [5.74, 6) is -0.0974. The van der Waals surface area contributed by atoms with Crippen LogP contribution in [0.15, 0.2) is 12.4 Å². The summed E-state index contributed by atoms with van der Waals surface area (Å²) in [6, 6.07) is 1.73. The van der Waals surface area contributed by atoms with Gasteiger partial charge in [0.2, 0.25) is 11.8 Å². The van der Waals surface area contributed by atoms with E-state index in [0.717, 1.165) is 15.4 Å². The smallest absolute Gasteiger partial charge is 0.249 e. The minimum Gasteiger partial charge on any atom is -0.366 e. The number of primary amides is 1. The van der Waals surface area contributed by atoms with Crippen LogP contribution in [0.1, 0.15) is 15.2 Å². The summed E-state index contributed by atoms with van der Waals surface area (Å²) in [7, 11) is 1.81. The summed E-state index contributed by atoms with van der Waals surface area (Å²) in [5, 5.41) is 2.73. The second kappa shape index (κ2) is 4.81. The van der Waals surface area contributed by atoms with E-state index in [-0.39, 0.29) is 12.5 Å². The number of aryl methyl sites for hydroxylation is 1. The second-order valence-electron chi connectivity index (χ2n) is 4.77. The molecule has 3 rings (SSSR count). The molecule has 108 valence electrons. The summed E-state index contributed by atoms with van der Waals surface area (Å²) in [6.45, 7) is 2.08. The maximum Gasteiger partial charge on any atom is 0.249 e. The SMILES string of the molecule is Cc1sc(-c2ncnc3c2N(C)CC(=O)N3)cc1C(N)=O. The third-order valence-electron chi connectivity index (χ3n) is 3.26. The van der Waals surface area contributed by atoms with Gasteiger partial charge in [0.1, 0.15) is 17.7 Å². The molecule has 2 aromatic rings. The van der Waals surface area contributed by atoms with Crippen LogP contribution in [0.5, 0.6) is 0 Å². The highest BCUT2D eigenvalue weighted by atomic mass is 32.1. The molecule has 3 heterocycles. The Labute approximate surface area is 124 Å². The Balaban J connectivity index is 2.16.